The van der Waals surface area contributed by atoms with Crippen LogP contribution in [-0.2, 0) is 16.0 Å². The lowest BCUT2D eigenvalue weighted by atomic mass is 10.1. The summed E-state index contributed by atoms with van der Waals surface area (Å²) in [5.41, 5.74) is 0.309. The molecule has 128 valence electrons. The number of rotatable bonds is 4. The Morgan fingerprint density at radius 3 is 2.61 bits per heavy atom. The van der Waals surface area contributed by atoms with Crippen LogP contribution in [0.5, 0.6) is 0 Å². The Morgan fingerprint density at radius 1 is 1.43 bits per heavy atom. The Balaban J connectivity index is 1.72. The van der Waals surface area contributed by atoms with E-state index in [1.54, 1.807) is 16.2 Å². The molecule has 1 saturated heterocycles. The van der Waals surface area contributed by atoms with Crippen molar-refractivity contribution in [2.45, 2.75) is 58.6 Å². The molecule has 6 nitrogen and oxygen atoms in total. The number of thiazole rings is 1. The van der Waals surface area contributed by atoms with Gasteiger partial charge < -0.3 is 15.0 Å². The fraction of sp³-hybridized carbons (Fsp3) is 0.688. The third kappa shape index (κ3) is 5.20. The van der Waals surface area contributed by atoms with Crippen LogP contribution in [0.3, 0.4) is 0 Å². The fourth-order valence-electron chi connectivity index (χ4n) is 2.16. The van der Waals surface area contributed by atoms with Crippen molar-refractivity contribution in [1.29, 1.82) is 0 Å². The van der Waals surface area contributed by atoms with Crippen molar-refractivity contribution < 1.29 is 14.3 Å². The van der Waals surface area contributed by atoms with E-state index in [9.17, 15) is 9.59 Å². The molecule has 1 N–H and O–H groups in total. The van der Waals surface area contributed by atoms with Crippen molar-refractivity contribution in [3.63, 3.8) is 0 Å². The molecular weight excluding hydrogens is 314 g/mol. The number of carbonyl (C=O) groups is 2. The average molecular weight is 339 g/mol. The van der Waals surface area contributed by atoms with Gasteiger partial charge in [-0.3, -0.25) is 4.79 Å². The van der Waals surface area contributed by atoms with Gasteiger partial charge in [-0.15, -0.1) is 11.3 Å². The maximum atomic E-state index is 12.0. The summed E-state index contributed by atoms with van der Waals surface area (Å²) < 4.78 is 5.28. The van der Waals surface area contributed by atoms with E-state index >= 15 is 0 Å². The van der Waals surface area contributed by atoms with Crippen molar-refractivity contribution in [3.8, 4) is 0 Å². The summed E-state index contributed by atoms with van der Waals surface area (Å²) >= 11 is 1.59. The number of likely N-dealkylation sites (tertiary alicyclic amines) is 1. The molecule has 1 aliphatic heterocycles. The van der Waals surface area contributed by atoms with Crippen LogP contribution in [0.2, 0.25) is 0 Å². The quantitative estimate of drug-likeness (QED) is 0.915. The first-order chi connectivity index (χ1) is 10.6. The molecule has 23 heavy (non-hydrogen) atoms. The largest absolute Gasteiger partial charge is 0.444 e. The van der Waals surface area contributed by atoms with Crippen LogP contribution in [0.25, 0.3) is 0 Å². The van der Waals surface area contributed by atoms with Crippen molar-refractivity contribution >= 4 is 23.3 Å². The maximum Gasteiger partial charge on any atom is 0.410 e. The third-order valence-electron chi connectivity index (χ3n) is 3.30. The maximum absolute atomic E-state index is 12.0. The highest BCUT2D eigenvalue weighted by Gasteiger charge is 2.34. The highest BCUT2D eigenvalue weighted by Crippen LogP contribution is 2.19. The van der Waals surface area contributed by atoms with Crippen LogP contribution in [-0.4, -0.2) is 46.6 Å². The van der Waals surface area contributed by atoms with Gasteiger partial charge >= 0.3 is 6.09 Å². The normalized spacial score (nSPS) is 15.5. The third-order valence-corrected chi connectivity index (χ3v) is 4.50. The van der Waals surface area contributed by atoms with E-state index in [-0.39, 0.29) is 24.5 Å². The number of hydrogen-bond donors (Lipinski definition) is 1. The molecule has 7 heteroatoms. The highest BCUT2D eigenvalue weighted by atomic mass is 32.1. The van der Waals surface area contributed by atoms with E-state index in [1.165, 1.54) is 0 Å². The molecule has 0 spiro atoms. The summed E-state index contributed by atoms with van der Waals surface area (Å²) in [4.78, 5) is 29.9. The first-order valence-corrected chi connectivity index (χ1v) is 8.73. The summed E-state index contributed by atoms with van der Waals surface area (Å²) in [7, 11) is 0. The standard InChI is InChI=1S/C16H25N3O3S/c1-10(2)14-18-11(9-23-14)6-13(20)17-12-7-19(8-12)15(21)22-16(3,4)5/h9-10,12H,6-8H2,1-5H3,(H,17,20). The van der Waals surface area contributed by atoms with E-state index in [1.807, 2.05) is 26.2 Å². The smallest absolute Gasteiger partial charge is 0.410 e. The van der Waals surface area contributed by atoms with Crippen molar-refractivity contribution in [1.82, 2.24) is 15.2 Å². The average Bonchev–Trinajstić information content (AvgIpc) is 2.79. The van der Waals surface area contributed by atoms with Gasteiger partial charge in [0.1, 0.15) is 5.60 Å². The number of nitrogens with one attached hydrogen (secondary N) is 1. The summed E-state index contributed by atoms with van der Waals surface area (Å²) in [6, 6.07) is -0.00165. The lowest BCUT2D eigenvalue weighted by molar-refractivity contribution is -0.122. The number of carbonyl (C=O) groups excluding carboxylic acids is 2. The molecule has 2 heterocycles. The Labute approximate surface area is 141 Å². The van der Waals surface area contributed by atoms with Crippen LogP contribution >= 0.6 is 11.3 Å². The van der Waals surface area contributed by atoms with E-state index in [2.05, 4.69) is 24.1 Å². The van der Waals surface area contributed by atoms with Gasteiger partial charge in [-0.2, -0.15) is 0 Å². The van der Waals surface area contributed by atoms with E-state index in [0.29, 0.717) is 19.0 Å². The van der Waals surface area contributed by atoms with Crippen LogP contribution < -0.4 is 5.32 Å². The SMILES string of the molecule is CC(C)c1nc(CC(=O)NC2CN(C(=O)OC(C)(C)C)C2)cs1. The van der Waals surface area contributed by atoms with E-state index in [4.69, 9.17) is 4.74 Å². The molecule has 0 aliphatic carbocycles. The lowest BCUT2D eigenvalue weighted by Gasteiger charge is -2.39. The minimum Gasteiger partial charge on any atom is -0.444 e. The van der Waals surface area contributed by atoms with Crippen LogP contribution in [0, 0.1) is 0 Å². The second-order valence-electron chi connectivity index (χ2n) is 7.16. The van der Waals surface area contributed by atoms with Gasteiger partial charge in [0, 0.05) is 24.4 Å². The van der Waals surface area contributed by atoms with Gasteiger partial charge in [0.2, 0.25) is 5.91 Å². The second kappa shape index (κ2) is 6.86. The minimum atomic E-state index is -0.496. The molecule has 0 radical (unpaired) electrons. The predicted molar refractivity (Wildman–Crippen MR) is 89.6 cm³/mol. The second-order valence-corrected chi connectivity index (χ2v) is 8.05. The van der Waals surface area contributed by atoms with Gasteiger partial charge in [-0.25, -0.2) is 9.78 Å². The lowest BCUT2D eigenvalue weighted by Crippen LogP contribution is -2.61. The van der Waals surface area contributed by atoms with Crippen LogP contribution in [0.4, 0.5) is 4.79 Å². The van der Waals surface area contributed by atoms with Crippen molar-refractivity contribution in [2.24, 2.45) is 0 Å². The number of aromatic nitrogens is 1. The zero-order valence-corrected chi connectivity index (χ0v) is 15.2. The van der Waals surface area contributed by atoms with Gasteiger partial charge in [-0.05, 0) is 20.8 Å². The molecule has 1 fully saturated rings. The topological polar surface area (TPSA) is 71.5 Å². The fourth-order valence-corrected chi connectivity index (χ4v) is 2.99. The van der Waals surface area contributed by atoms with Gasteiger partial charge in [0.25, 0.3) is 0 Å². The Morgan fingerprint density at radius 2 is 2.09 bits per heavy atom. The first-order valence-electron chi connectivity index (χ1n) is 7.85. The molecular formula is C16H25N3O3S. The zero-order chi connectivity index (χ0) is 17.2. The summed E-state index contributed by atoms with van der Waals surface area (Å²) in [5, 5.41) is 5.91. The molecule has 2 rings (SSSR count). The molecule has 0 unspecified atom stereocenters. The van der Waals surface area contributed by atoms with Crippen LogP contribution in [0.15, 0.2) is 5.38 Å². The molecule has 0 bridgehead atoms. The van der Waals surface area contributed by atoms with E-state index in [0.717, 1.165) is 10.7 Å². The van der Waals surface area contributed by atoms with Gasteiger partial charge in [-0.1, -0.05) is 13.8 Å². The van der Waals surface area contributed by atoms with Crippen LogP contribution in [0.1, 0.15) is 51.2 Å². The van der Waals surface area contributed by atoms with Gasteiger partial charge in [0.15, 0.2) is 0 Å². The summed E-state index contributed by atoms with van der Waals surface area (Å²) in [6.07, 6.45) is -0.0457. The Hall–Kier alpha value is -1.63. The number of amides is 2. The van der Waals surface area contributed by atoms with Crippen molar-refractivity contribution in [3.05, 3.63) is 16.1 Å². The Kier molecular flexibility index (Phi) is 5.29. The molecule has 0 saturated carbocycles. The molecule has 1 aromatic rings. The molecule has 0 aromatic carbocycles. The zero-order valence-electron chi connectivity index (χ0n) is 14.4. The molecule has 1 aromatic heterocycles. The Bertz CT molecular complexity index is 571. The van der Waals surface area contributed by atoms with E-state index < -0.39 is 5.60 Å². The molecule has 2 amide bonds. The predicted octanol–water partition coefficient (Wildman–Crippen LogP) is 2.54. The molecule has 0 atom stereocenters. The summed E-state index contributed by atoms with van der Waals surface area (Å²) in [6.45, 7) is 10.7. The highest BCUT2D eigenvalue weighted by molar-refractivity contribution is 7.09. The minimum absolute atomic E-state index is 0.00165. The van der Waals surface area contributed by atoms with Crippen molar-refractivity contribution in [2.75, 3.05) is 13.1 Å². The monoisotopic (exact) mass is 339 g/mol. The van der Waals surface area contributed by atoms with Gasteiger partial charge in [0.05, 0.1) is 23.2 Å². The molecule has 1 aliphatic rings. The summed E-state index contributed by atoms with van der Waals surface area (Å²) in [5.74, 6) is 0.324. The number of ether oxygens (including phenoxy) is 1. The first kappa shape index (κ1) is 17.7. The number of nitrogens with zero attached hydrogens (tertiary/aromatic N) is 2. The number of hydrogen-bond acceptors (Lipinski definition) is 5.